The van der Waals surface area contributed by atoms with Gasteiger partial charge >= 0.3 is 6.09 Å². The number of nitrogens with one attached hydrogen (secondary N) is 2. The van der Waals surface area contributed by atoms with Crippen molar-refractivity contribution in [3.63, 3.8) is 0 Å². The number of methoxy groups -OCH3 is 1. The zero-order valence-electron chi connectivity index (χ0n) is 11.0. The zero-order valence-corrected chi connectivity index (χ0v) is 11.8. The molecule has 0 aliphatic heterocycles. The van der Waals surface area contributed by atoms with Crippen LogP contribution in [0.2, 0.25) is 5.02 Å². The van der Waals surface area contributed by atoms with E-state index in [1.54, 1.807) is 6.07 Å². The van der Waals surface area contributed by atoms with Gasteiger partial charge in [0.05, 0.1) is 7.11 Å². The Morgan fingerprint density at radius 1 is 1.15 bits per heavy atom. The lowest BCUT2D eigenvalue weighted by molar-refractivity contribution is 0.187. The monoisotopic (exact) mass is 290 g/mol. The van der Waals surface area contributed by atoms with Gasteiger partial charge in [0, 0.05) is 22.9 Å². The molecule has 0 saturated carbocycles. The number of carbonyl (C=O) groups excluding carboxylic acids is 1. The third kappa shape index (κ3) is 3.90. The van der Waals surface area contributed by atoms with Crippen molar-refractivity contribution >= 4 is 29.1 Å². The van der Waals surface area contributed by atoms with E-state index in [1.165, 1.54) is 7.11 Å². The van der Waals surface area contributed by atoms with Crippen LogP contribution >= 0.6 is 11.6 Å². The number of ether oxygens (including phenoxy) is 1. The summed E-state index contributed by atoms with van der Waals surface area (Å²) in [6, 6.07) is 15.0. The van der Waals surface area contributed by atoms with E-state index in [2.05, 4.69) is 15.4 Å². The van der Waals surface area contributed by atoms with Gasteiger partial charge in [-0.2, -0.15) is 0 Å². The number of carbonyl (C=O) groups is 1. The number of benzene rings is 2. The molecule has 2 aromatic carbocycles. The fourth-order valence-electron chi connectivity index (χ4n) is 1.71. The van der Waals surface area contributed by atoms with E-state index in [0.29, 0.717) is 12.2 Å². The molecule has 0 unspecified atom stereocenters. The number of rotatable bonds is 4. The maximum absolute atomic E-state index is 11.1. The molecule has 0 aromatic heterocycles. The molecule has 2 N–H and O–H groups in total. The van der Waals surface area contributed by atoms with Gasteiger partial charge in [0.25, 0.3) is 0 Å². The highest BCUT2D eigenvalue weighted by atomic mass is 35.5. The van der Waals surface area contributed by atoms with Crippen molar-refractivity contribution in [3.8, 4) is 0 Å². The van der Waals surface area contributed by atoms with E-state index >= 15 is 0 Å². The van der Waals surface area contributed by atoms with E-state index in [-0.39, 0.29) is 0 Å². The Labute approximate surface area is 122 Å². The fraction of sp³-hybridized carbons (Fsp3) is 0.133. The summed E-state index contributed by atoms with van der Waals surface area (Å²) in [4.78, 5) is 11.1. The summed E-state index contributed by atoms with van der Waals surface area (Å²) in [5.74, 6) is 0. The Kier molecular flexibility index (Phi) is 4.85. The molecule has 20 heavy (non-hydrogen) atoms. The number of anilines is 2. The van der Waals surface area contributed by atoms with Crippen molar-refractivity contribution in [3.05, 3.63) is 59.1 Å². The molecule has 104 valence electrons. The van der Waals surface area contributed by atoms with E-state index in [1.807, 2.05) is 42.5 Å². The number of hydrogen-bond acceptors (Lipinski definition) is 3. The first-order chi connectivity index (χ1) is 9.69. The molecular formula is C15H15ClN2O2. The molecule has 0 spiro atoms. The standard InChI is InChI=1S/C15H15ClN2O2/c1-20-15(19)18-13-7-4-6-12(9-13)17-10-11-5-2-3-8-14(11)16/h2-9,17H,10H2,1H3,(H,18,19). The van der Waals surface area contributed by atoms with E-state index < -0.39 is 6.09 Å². The van der Waals surface area contributed by atoms with E-state index in [4.69, 9.17) is 11.6 Å². The second-order valence-electron chi connectivity index (χ2n) is 4.14. The summed E-state index contributed by atoms with van der Waals surface area (Å²) in [5.41, 5.74) is 2.57. The van der Waals surface area contributed by atoms with Crippen LogP contribution in [0.25, 0.3) is 0 Å². The zero-order chi connectivity index (χ0) is 14.4. The molecule has 2 aromatic rings. The van der Waals surface area contributed by atoms with E-state index in [0.717, 1.165) is 16.3 Å². The van der Waals surface area contributed by atoms with Gasteiger partial charge in [-0.1, -0.05) is 35.9 Å². The van der Waals surface area contributed by atoms with Crippen molar-refractivity contribution in [2.75, 3.05) is 17.7 Å². The third-order valence-electron chi connectivity index (χ3n) is 2.74. The van der Waals surface area contributed by atoms with Gasteiger partial charge in [-0.15, -0.1) is 0 Å². The van der Waals surface area contributed by atoms with Crippen LogP contribution in [0.1, 0.15) is 5.56 Å². The fourth-order valence-corrected chi connectivity index (χ4v) is 1.92. The van der Waals surface area contributed by atoms with Crippen LogP contribution < -0.4 is 10.6 Å². The minimum absolute atomic E-state index is 0.492. The van der Waals surface area contributed by atoms with Crippen LogP contribution in [0.3, 0.4) is 0 Å². The predicted molar refractivity (Wildman–Crippen MR) is 81.2 cm³/mol. The highest BCUT2D eigenvalue weighted by molar-refractivity contribution is 6.31. The van der Waals surface area contributed by atoms with Gasteiger partial charge in [0.15, 0.2) is 0 Å². The SMILES string of the molecule is COC(=O)Nc1cccc(NCc2ccccc2Cl)c1. The minimum atomic E-state index is -0.492. The number of halogens is 1. The lowest BCUT2D eigenvalue weighted by Crippen LogP contribution is -2.11. The highest BCUT2D eigenvalue weighted by Gasteiger charge is 2.02. The normalized spacial score (nSPS) is 9.90. The lowest BCUT2D eigenvalue weighted by Gasteiger charge is -2.10. The summed E-state index contributed by atoms with van der Waals surface area (Å²) in [6.07, 6.45) is -0.492. The van der Waals surface area contributed by atoms with Crippen LogP contribution in [-0.4, -0.2) is 13.2 Å². The maximum Gasteiger partial charge on any atom is 0.411 e. The Hall–Kier alpha value is -2.20. The van der Waals surface area contributed by atoms with Crippen molar-refractivity contribution in [1.29, 1.82) is 0 Å². The maximum atomic E-state index is 11.1. The number of amides is 1. The molecule has 0 bridgehead atoms. The first-order valence-corrected chi connectivity index (χ1v) is 6.49. The second-order valence-corrected chi connectivity index (χ2v) is 4.55. The average Bonchev–Trinajstić information content (AvgIpc) is 2.47. The van der Waals surface area contributed by atoms with Gasteiger partial charge in [0.1, 0.15) is 0 Å². The Bertz CT molecular complexity index is 602. The van der Waals surface area contributed by atoms with Crippen molar-refractivity contribution in [1.82, 2.24) is 0 Å². The van der Waals surface area contributed by atoms with Crippen LogP contribution in [0.15, 0.2) is 48.5 Å². The third-order valence-corrected chi connectivity index (χ3v) is 3.10. The Balaban J connectivity index is 2.01. The first kappa shape index (κ1) is 14.2. The van der Waals surface area contributed by atoms with Crippen molar-refractivity contribution < 1.29 is 9.53 Å². The molecule has 0 atom stereocenters. The molecule has 0 aliphatic carbocycles. The van der Waals surface area contributed by atoms with Gasteiger partial charge in [0.2, 0.25) is 0 Å². The molecule has 0 aliphatic rings. The molecule has 1 amide bonds. The van der Waals surface area contributed by atoms with Crippen LogP contribution in [0.4, 0.5) is 16.2 Å². The summed E-state index contributed by atoms with van der Waals surface area (Å²) in [7, 11) is 1.33. The molecule has 0 heterocycles. The quantitative estimate of drug-likeness (QED) is 0.890. The molecule has 0 radical (unpaired) electrons. The molecule has 0 fully saturated rings. The van der Waals surface area contributed by atoms with Gasteiger partial charge in [-0.05, 0) is 29.8 Å². The molecule has 0 saturated heterocycles. The minimum Gasteiger partial charge on any atom is -0.453 e. The smallest absolute Gasteiger partial charge is 0.411 e. The summed E-state index contributed by atoms with van der Waals surface area (Å²) in [6.45, 7) is 0.612. The van der Waals surface area contributed by atoms with Crippen LogP contribution in [0, 0.1) is 0 Å². The first-order valence-electron chi connectivity index (χ1n) is 6.11. The van der Waals surface area contributed by atoms with Gasteiger partial charge in [-0.3, -0.25) is 5.32 Å². The molecule has 2 rings (SSSR count). The highest BCUT2D eigenvalue weighted by Crippen LogP contribution is 2.19. The molecule has 5 heteroatoms. The molecule has 4 nitrogen and oxygen atoms in total. The van der Waals surface area contributed by atoms with Gasteiger partial charge < -0.3 is 10.1 Å². The Morgan fingerprint density at radius 3 is 2.65 bits per heavy atom. The Morgan fingerprint density at radius 2 is 1.90 bits per heavy atom. The predicted octanol–water partition coefficient (Wildman–Crippen LogP) is 4.13. The topological polar surface area (TPSA) is 50.4 Å². The van der Waals surface area contributed by atoms with Crippen molar-refractivity contribution in [2.45, 2.75) is 6.54 Å². The largest absolute Gasteiger partial charge is 0.453 e. The van der Waals surface area contributed by atoms with Gasteiger partial charge in [-0.25, -0.2) is 4.79 Å². The second kappa shape index (κ2) is 6.82. The van der Waals surface area contributed by atoms with Crippen LogP contribution in [-0.2, 0) is 11.3 Å². The lowest BCUT2D eigenvalue weighted by atomic mass is 10.2. The summed E-state index contributed by atoms with van der Waals surface area (Å²) < 4.78 is 4.55. The van der Waals surface area contributed by atoms with Crippen LogP contribution in [0.5, 0.6) is 0 Å². The molecular weight excluding hydrogens is 276 g/mol. The number of hydrogen-bond donors (Lipinski definition) is 2. The summed E-state index contributed by atoms with van der Waals surface area (Å²) >= 11 is 6.10. The van der Waals surface area contributed by atoms with E-state index in [9.17, 15) is 4.79 Å². The summed E-state index contributed by atoms with van der Waals surface area (Å²) in [5, 5.41) is 6.60. The van der Waals surface area contributed by atoms with Crippen molar-refractivity contribution in [2.24, 2.45) is 0 Å². The average molecular weight is 291 g/mol.